The van der Waals surface area contributed by atoms with Crippen molar-refractivity contribution >= 4 is 11.9 Å². The zero-order valence-corrected chi connectivity index (χ0v) is 15.1. The number of aliphatic carboxylic acids is 1. The molecule has 138 valence electrons. The molecule has 26 heavy (non-hydrogen) atoms. The molecule has 0 saturated carbocycles. The molecule has 0 aliphatic heterocycles. The maximum Gasteiger partial charge on any atom is 0.303 e. The third-order valence-electron chi connectivity index (χ3n) is 3.62. The first-order valence-electron chi connectivity index (χ1n) is 8.64. The van der Waals surface area contributed by atoms with Crippen LogP contribution < -0.4 is 4.74 Å². The summed E-state index contributed by atoms with van der Waals surface area (Å²) in [5, 5.41) is 8.86. The highest BCUT2D eigenvalue weighted by molar-refractivity contribution is 5.92. The van der Waals surface area contributed by atoms with Gasteiger partial charge in [0.2, 0.25) is 5.88 Å². The van der Waals surface area contributed by atoms with E-state index in [0.29, 0.717) is 25.4 Å². The van der Waals surface area contributed by atoms with Crippen molar-refractivity contribution in [2.45, 2.75) is 39.3 Å². The van der Waals surface area contributed by atoms with E-state index in [1.165, 1.54) is 0 Å². The van der Waals surface area contributed by atoms with Crippen LogP contribution in [0.2, 0.25) is 0 Å². The minimum Gasteiger partial charge on any atom is -0.481 e. The largest absolute Gasteiger partial charge is 0.481 e. The molecule has 1 aromatic heterocycles. The fraction of sp³-hybridized carbons (Fsp3) is 0.350. The molecule has 0 atom stereocenters. The molecule has 0 fully saturated rings. The number of rotatable bonds is 9. The monoisotopic (exact) mass is 356 g/mol. The molecule has 1 aromatic carbocycles. The number of pyridine rings is 1. The summed E-state index contributed by atoms with van der Waals surface area (Å²) in [4.78, 5) is 29.6. The summed E-state index contributed by atoms with van der Waals surface area (Å²) in [6, 6.07) is 14.7. The van der Waals surface area contributed by atoms with E-state index in [-0.39, 0.29) is 24.1 Å². The standard InChI is InChI=1S/C20H24N2O4/c1-15(2)26-18-11-6-10-17(21-18)20(25)22(13-7-12-19(23)24)14-16-8-4-3-5-9-16/h3-6,8-11,15H,7,12-14H2,1-2H3,(H,23,24). The third-order valence-corrected chi connectivity index (χ3v) is 3.62. The Balaban J connectivity index is 2.16. The third kappa shape index (κ3) is 6.20. The van der Waals surface area contributed by atoms with Crippen molar-refractivity contribution in [1.82, 2.24) is 9.88 Å². The number of nitrogens with zero attached hydrogens (tertiary/aromatic N) is 2. The molecule has 0 saturated heterocycles. The molecule has 2 aromatic rings. The van der Waals surface area contributed by atoms with Gasteiger partial charge >= 0.3 is 5.97 Å². The predicted octanol–water partition coefficient (Wildman–Crippen LogP) is 3.38. The summed E-state index contributed by atoms with van der Waals surface area (Å²) in [6.45, 7) is 4.53. The van der Waals surface area contributed by atoms with Gasteiger partial charge in [-0.25, -0.2) is 4.98 Å². The molecular formula is C20H24N2O4. The summed E-state index contributed by atoms with van der Waals surface area (Å²) in [6.07, 6.45) is 0.363. The Labute approximate surface area is 153 Å². The maximum absolute atomic E-state index is 12.9. The van der Waals surface area contributed by atoms with E-state index < -0.39 is 5.97 Å². The first kappa shape index (κ1) is 19.4. The van der Waals surface area contributed by atoms with E-state index in [9.17, 15) is 9.59 Å². The van der Waals surface area contributed by atoms with E-state index in [1.807, 2.05) is 44.2 Å². The molecule has 0 aliphatic rings. The van der Waals surface area contributed by atoms with Crippen molar-refractivity contribution in [3.8, 4) is 5.88 Å². The van der Waals surface area contributed by atoms with Gasteiger partial charge in [0.15, 0.2) is 0 Å². The van der Waals surface area contributed by atoms with Crippen molar-refractivity contribution in [2.24, 2.45) is 0 Å². The Morgan fingerprint density at radius 1 is 1.12 bits per heavy atom. The molecule has 0 bridgehead atoms. The smallest absolute Gasteiger partial charge is 0.303 e. The van der Waals surface area contributed by atoms with Crippen LogP contribution in [0.5, 0.6) is 5.88 Å². The molecule has 6 nitrogen and oxygen atoms in total. The SMILES string of the molecule is CC(C)Oc1cccc(C(=O)N(CCCC(=O)O)Cc2ccccc2)n1. The van der Waals surface area contributed by atoms with E-state index in [2.05, 4.69) is 4.98 Å². The first-order valence-corrected chi connectivity index (χ1v) is 8.64. The zero-order valence-electron chi connectivity index (χ0n) is 15.1. The highest BCUT2D eigenvalue weighted by atomic mass is 16.5. The average molecular weight is 356 g/mol. The van der Waals surface area contributed by atoms with Crippen LogP contribution in [0.25, 0.3) is 0 Å². The normalized spacial score (nSPS) is 10.6. The van der Waals surface area contributed by atoms with Crippen LogP contribution in [-0.2, 0) is 11.3 Å². The number of hydrogen-bond acceptors (Lipinski definition) is 4. The number of aromatic nitrogens is 1. The number of amides is 1. The molecule has 0 radical (unpaired) electrons. The minimum atomic E-state index is -0.873. The van der Waals surface area contributed by atoms with Crippen molar-refractivity contribution < 1.29 is 19.4 Å². The average Bonchev–Trinajstić information content (AvgIpc) is 2.60. The second kappa shape index (κ2) is 9.56. The summed E-state index contributed by atoms with van der Waals surface area (Å²) in [5.74, 6) is -0.716. The van der Waals surface area contributed by atoms with Crippen LogP contribution in [0.4, 0.5) is 0 Å². The quantitative estimate of drug-likeness (QED) is 0.745. The lowest BCUT2D eigenvalue weighted by atomic mass is 10.2. The van der Waals surface area contributed by atoms with E-state index >= 15 is 0 Å². The van der Waals surface area contributed by atoms with Crippen LogP contribution in [-0.4, -0.2) is 39.5 Å². The highest BCUT2D eigenvalue weighted by Gasteiger charge is 2.18. The molecule has 1 heterocycles. The van der Waals surface area contributed by atoms with E-state index in [1.54, 1.807) is 23.1 Å². The van der Waals surface area contributed by atoms with E-state index in [0.717, 1.165) is 5.56 Å². The fourth-order valence-corrected chi connectivity index (χ4v) is 2.48. The lowest BCUT2D eigenvalue weighted by Gasteiger charge is -2.22. The topological polar surface area (TPSA) is 79.7 Å². The van der Waals surface area contributed by atoms with Gasteiger partial charge in [0.25, 0.3) is 5.91 Å². The van der Waals surface area contributed by atoms with Crippen molar-refractivity contribution in [2.75, 3.05) is 6.54 Å². The first-order chi connectivity index (χ1) is 12.5. The minimum absolute atomic E-state index is 0.0164. The Kier molecular flexibility index (Phi) is 7.14. The number of benzene rings is 1. The second-order valence-electron chi connectivity index (χ2n) is 6.24. The van der Waals surface area contributed by atoms with Crippen LogP contribution in [0.15, 0.2) is 48.5 Å². The highest BCUT2D eigenvalue weighted by Crippen LogP contribution is 2.14. The number of carboxylic acid groups (broad SMARTS) is 1. The van der Waals surface area contributed by atoms with Crippen molar-refractivity contribution in [1.29, 1.82) is 0 Å². The molecule has 1 amide bonds. The zero-order chi connectivity index (χ0) is 18.9. The number of ether oxygens (including phenoxy) is 1. The predicted molar refractivity (Wildman–Crippen MR) is 98.1 cm³/mol. The lowest BCUT2D eigenvalue weighted by molar-refractivity contribution is -0.137. The number of carbonyl (C=O) groups is 2. The summed E-state index contributed by atoms with van der Waals surface area (Å²) in [5.41, 5.74) is 1.26. The van der Waals surface area contributed by atoms with Gasteiger partial charge in [-0.2, -0.15) is 0 Å². The molecule has 0 unspecified atom stereocenters. The van der Waals surface area contributed by atoms with Gasteiger partial charge in [0.05, 0.1) is 6.10 Å². The Bertz CT molecular complexity index is 732. The van der Waals surface area contributed by atoms with Gasteiger partial charge in [-0.3, -0.25) is 9.59 Å². The lowest BCUT2D eigenvalue weighted by Crippen LogP contribution is -2.32. The molecular weight excluding hydrogens is 332 g/mol. The summed E-state index contributed by atoms with van der Waals surface area (Å²) < 4.78 is 5.56. The molecule has 0 aliphatic carbocycles. The van der Waals surface area contributed by atoms with Crippen LogP contribution in [0.3, 0.4) is 0 Å². The summed E-state index contributed by atoms with van der Waals surface area (Å²) >= 11 is 0. The van der Waals surface area contributed by atoms with Crippen molar-refractivity contribution in [3.63, 3.8) is 0 Å². The molecule has 6 heteroatoms. The van der Waals surface area contributed by atoms with Gasteiger partial charge < -0.3 is 14.7 Å². The Hall–Kier alpha value is -2.89. The van der Waals surface area contributed by atoms with Crippen LogP contribution in [0.1, 0.15) is 42.7 Å². The van der Waals surface area contributed by atoms with E-state index in [4.69, 9.17) is 9.84 Å². The van der Waals surface area contributed by atoms with Crippen LogP contribution >= 0.6 is 0 Å². The Morgan fingerprint density at radius 3 is 2.50 bits per heavy atom. The van der Waals surface area contributed by atoms with Crippen molar-refractivity contribution in [3.05, 3.63) is 59.8 Å². The fourth-order valence-electron chi connectivity index (χ4n) is 2.48. The number of carbonyl (C=O) groups excluding carboxylic acids is 1. The van der Waals surface area contributed by atoms with Gasteiger partial charge in [-0.15, -0.1) is 0 Å². The maximum atomic E-state index is 12.9. The molecule has 2 rings (SSSR count). The van der Waals surface area contributed by atoms with Gasteiger partial charge in [-0.1, -0.05) is 36.4 Å². The number of hydrogen-bond donors (Lipinski definition) is 1. The van der Waals surface area contributed by atoms with Gasteiger partial charge in [0.1, 0.15) is 5.69 Å². The molecule has 1 N–H and O–H groups in total. The van der Waals surface area contributed by atoms with Gasteiger partial charge in [0, 0.05) is 25.6 Å². The Morgan fingerprint density at radius 2 is 1.85 bits per heavy atom. The van der Waals surface area contributed by atoms with Crippen LogP contribution in [0, 0.1) is 0 Å². The summed E-state index contributed by atoms with van der Waals surface area (Å²) in [7, 11) is 0. The number of carboxylic acids is 1. The second-order valence-corrected chi connectivity index (χ2v) is 6.24. The van der Waals surface area contributed by atoms with Gasteiger partial charge in [-0.05, 0) is 31.9 Å². The molecule has 0 spiro atoms.